The second-order valence-corrected chi connectivity index (χ2v) is 9.49. The van der Waals surface area contributed by atoms with Crippen molar-refractivity contribution in [1.29, 1.82) is 0 Å². The Kier molecular flexibility index (Phi) is 6.05. The van der Waals surface area contributed by atoms with E-state index in [4.69, 9.17) is 4.74 Å². The van der Waals surface area contributed by atoms with Crippen LogP contribution in [0, 0.1) is 0 Å². The molecule has 3 nitrogen and oxygen atoms in total. The molecule has 2 aliphatic carbocycles. The van der Waals surface area contributed by atoms with Crippen LogP contribution in [0.3, 0.4) is 0 Å². The Morgan fingerprint density at radius 2 is 2.07 bits per heavy atom. The number of ether oxygens (including phenoxy) is 1. The van der Waals surface area contributed by atoms with Crippen LogP contribution in [0.1, 0.15) is 72.2 Å². The van der Waals surface area contributed by atoms with Gasteiger partial charge in [-0.2, -0.15) is 0 Å². The molecule has 4 heteroatoms. The molecule has 0 saturated heterocycles. The lowest BCUT2D eigenvalue weighted by molar-refractivity contribution is 0.166. The van der Waals surface area contributed by atoms with E-state index in [2.05, 4.69) is 36.5 Å². The molecule has 28 heavy (non-hydrogen) atoms. The van der Waals surface area contributed by atoms with E-state index in [1.54, 1.807) is 9.75 Å². The number of methoxy groups -OCH3 is 1. The van der Waals surface area contributed by atoms with Crippen LogP contribution >= 0.6 is 11.3 Å². The zero-order valence-corrected chi connectivity index (χ0v) is 17.9. The van der Waals surface area contributed by atoms with Gasteiger partial charge >= 0.3 is 6.09 Å². The largest absolute Gasteiger partial charge is 0.453 e. The van der Waals surface area contributed by atoms with Crippen molar-refractivity contribution in [2.24, 2.45) is 0 Å². The molecule has 4 rings (SSSR count). The molecule has 0 bridgehead atoms. The number of nitrogens with one attached hydrogen (secondary N) is 1. The first kappa shape index (κ1) is 19.5. The Morgan fingerprint density at radius 1 is 1.18 bits per heavy atom. The standard InChI is InChI=1S/C24H31NO2S/c1-3-4-5-6-20-15-22-21-11-8-16(13-18(21)9-12-23(22)28-20)17-7-10-19(14-17)25-24(26)27-2/h8,11,13,15,17,19H,3-7,9-10,12,14H2,1-2H3,(H,25,26). The third-order valence-corrected chi connectivity index (χ3v) is 7.59. The van der Waals surface area contributed by atoms with Gasteiger partial charge in [-0.1, -0.05) is 38.0 Å². The zero-order chi connectivity index (χ0) is 19.5. The molecule has 1 heterocycles. The fourth-order valence-electron chi connectivity index (χ4n) is 4.80. The van der Waals surface area contributed by atoms with Crippen LogP contribution in [0.5, 0.6) is 0 Å². The number of thiophene rings is 1. The molecule has 1 amide bonds. The number of alkyl carbamates (subject to hydrolysis) is 1. The second kappa shape index (κ2) is 8.69. The summed E-state index contributed by atoms with van der Waals surface area (Å²) in [6.07, 6.45) is 10.4. The topological polar surface area (TPSA) is 38.3 Å². The van der Waals surface area contributed by atoms with Crippen molar-refractivity contribution in [3.05, 3.63) is 45.1 Å². The van der Waals surface area contributed by atoms with Gasteiger partial charge in [0.25, 0.3) is 0 Å². The molecule has 150 valence electrons. The minimum absolute atomic E-state index is 0.239. The number of amides is 1. The molecule has 1 N–H and O–H groups in total. The Balaban J connectivity index is 1.47. The van der Waals surface area contributed by atoms with Gasteiger partial charge < -0.3 is 10.1 Å². The number of carbonyl (C=O) groups is 1. The Labute approximate surface area is 172 Å². The van der Waals surface area contributed by atoms with Crippen LogP contribution in [-0.4, -0.2) is 19.2 Å². The highest BCUT2D eigenvalue weighted by Gasteiger charge is 2.28. The number of fused-ring (bicyclic) bond motifs is 3. The summed E-state index contributed by atoms with van der Waals surface area (Å²) >= 11 is 2.03. The first-order chi connectivity index (χ1) is 13.7. The average molecular weight is 398 g/mol. The van der Waals surface area contributed by atoms with Crippen LogP contribution in [0.2, 0.25) is 0 Å². The van der Waals surface area contributed by atoms with E-state index in [0.717, 1.165) is 25.7 Å². The summed E-state index contributed by atoms with van der Waals surface area (Å²) in [5.41, 5.74) is 5.88. The third-order valence-electron chi connectivity index (χ3n) is 6.34. The maximum atomic E-state index is 11.5. The van der Waals surface area contributed by atoms with Crippen molar-refractivity contribution in [2.45, 2.75) is 76.7 Å². The zero-order valence-electron chi connectivity index (χ0n) is 17.1. The van der Waals surface area contributed by atoms with Crippen molar-refractivity contribution in [3.8, 4) is 11.1 Å². The minimum atomic E-state index is -0.309. The maximum Gasteiger partial charge on any atom is 0.407 e. The molecule has 0 spiro atoms. The van der Waals surface area contributed by atoms with Crippen LogP contribution in [0.15, 0.2) is 24.3 Å². The van der Waals surface area contributed by atoms with Gasteiger partial charge in [0.05, 0.1) is 7.11 Å². The van der Waals surface area contributed by atoms with Crippen molar-refractivity contribution >= 4 is 17.4 Å². The van der Waals surface area contributed by atoms with E-state index in [-0.39, 0.29) is 12.1 Å². The Hall–Kier alpha value is -1.81. The van der Waals surface area contributed by atoms with Gasteiger partial charge in [-0.3, -0.25) is 0 Å². The Morgan fingerprint density at radius 3 is 2.89 bits per heavy atom. The van der Waals surface area contributed by atoms with Crippen LogP contribution in [0.25, 0.3) is 11.1 Å². The summed E-state index contributed by atoms with van der Waals surface area (Å²) in [6, 6.07) is 9.82. The van der Waals surface area contributed by atoms with Crippen molar-refractivity contribution in [3.63, 3.8) is 0 Å². The minimum Gasteiger partial charge on any atom is -0.453 e. The summed E-state index contributed by atoms with van der Waals surface area (Å²) in [7, 11) is 1.43. The molecule has 2 atom stereocenters. The number of hydrogen-bond donors (Lipinski definition) is 1. The van der Waals surface area contributed by atoms with E-state index in [1.807, 2.05) is 11.3 Å². The predicted molar refractivity (Wildman–Crippen MR) is 116 cm³/mol. The number of unbranched alkanes of at least 4 members (excludes halogenated alkanes) is 2. The molecule has 2 aromatic rings. The lowest BCUT2D eigenvalue weighted by atomic mass is 9.86. The van der Waals surface area contributed by atoms with Crippen LogP contribution in [-0.2, 0) is 24.0 Å². The molecule has 1 fully saturated rings. The molecular weight excluding hydrogens is 366 g/mol. The summed E-state index contributed by atoms with van der Waals surface area (Å²) in [4.78, 5) is 14.6. The fraction of sp³-hybridized carbons (Fsp3) is 0.542. The average Bonchev–Trinajstić information content (AvgIpc) is 3.34. The van der Waals surface area contributed by atoms with E-state index in [1.165, 1.54) is 61.5 Å². The molecule has 1 aromatic carbocycles. The summed E-state index contributed by atoms with van der Waals surface area (Å²) in [5.74, 6) is 0.543. The molecular formula is C24H31NO2S. The smallest absolute Gasteiger partial charge is 0.407 e. The van der Waals surface area contributed by atoms with Crippen LogP contribution < -0.4 is 5.32 Å². The van der Waals surface area contributed by atoms with Gasteiger partial charge in [-0.05, 0) is 79.2 Å². The lowest BCUT2D eigenvalue weighted by Gasteiger charge is -2.19. The van der Waals surface area contributed by atoms with Gasteiger partial charge in [0.2, 0.25) is 0 Å². The van der Waals surface area contributed by atoms with E-state index >= 15 is 0 Å². The van der Waals surface area contributed by atoms with Gasteiger partial charge in [0, 0.05) is 15.8 Å². The third kappa shape index (κ3) is 4.12. The quantitative estimate of drug-likeness (QED) is 0.586. The number of aryl methyl sites for hydroxylation is 3. The molecule has 2 aliphatic rings. The second-order valence-electron chi connectivity index (χ2n) is 8.27. The van der Waals surface area contributed by atoms with Crippen molar-refractivity contribution in [1.82, 2.24) is 5.32 Å². The molecule has 0 aliphatic heterocycles. The van der Waals surface area contributed by atoms with Crippen LogP contribution in [0.4, 0.5) is 4.79 Å². The normalized spacial score (nSPS) is 20.5. The fourth-order valence-corrected chi connectivity index (χ4v) is 6.02. The SMILES string of the molecule is CCCCCc1cc2c(s1)CCc1cc(C3CCC(NC(=O)OC)C3)ccc1-2. The molecule has 1 saturated carbocycles. The number of benzene rings is 1. The van der Waals surface area contributed by atoms with E-state index in [9.17, 15) is 4.79 Å². The maximum absolute atomic E-state index is 11.5. The van der Waals surface area contributed by atoms with Crippen molar-refractivity contribution < 1.29 is 9.53 Å². The number of carbonyl (C=O) groups excluding carboxylic acids is 1. The number of rotatable bonds is 6. The number of hydrogen-bond acceptors (Lipinski definition) is 3. The Bertz CT molecular complexity index is 841. The first-order valence-corrected chi connectivity index (χ1v) is 11.6. The first-order valence-electron chi connectivity index (χ1n) is 10.8. The highest BCUT2D eigenvalue weighted by molar-refractivity contribution is 7.12. The van der Waals surface area contributed by atoms with E-state index in [0.29, 0.717) is 5.92 Å². The molecule has 0 radical (unpaired) electrons. The predicted octanol–water partition coefficient (Wildman–Crippen LogP) is 6.24. The lowest BCUT2D eigenvalue weighted by Crippen LogP contribution is -2.32. The highest BCUT2D eigenvalue weighted by atomic mass is 32.1. The summed E-state index contributed by atoms with van der Waals surface area (Å²) in [5, 5.41) is 2.97. The highest BCUT2D eigenvalue weighted by Crippen LogP contribution is 2.42. The van der Waals surface area contributed by atoms with Gasteiger partial charge in [0.15, 0.2) is 0 Å². The van der Waals surface area contributed by atoms with Gasteiger partial charge in [0.1, 0.15) is 0 Å². The van der Waals surface area contributed by atoms with Gasteiger partial charge in [-0.25, -0.2) is 4.79 Å². The molecule has 1 aromatic heterocycles. The summed E-state index contributed by atoms with van der Waals surface area (Å²) in [6.45, 7) is 2.27. The van der Waals surface area contributed by atoms with Gasteiger partial charge in [-0.15, -0.1) is 11.3 Å². The monoisotopic (exact) mass is 397 g/mol. The molecule has 2 unspecified atom stereocenters. The van der Waals surface area contributed by atoms with E-state index < -0.39 is 0 Å². The summed E-state index contributed by atoms with van der Waals surface area (Å²) < 4.78 is 4.74. The van der Waals surface area contributed by atoms with Crippen molar-refractivity contribution in [2.75, 3.05) is 7.11 Å².